The standard InChI is InChI=1S/C13H25N3O2/c1-4-16(3)13(18)9(2)15-12(17)11-7-5-6-10(11)8-14/h9-11H,4-8,14H2,1-3H3,(H,15,17). The zero-order valence-corrected chi connectivity index (χ0v) is 11.6. The van der Waals surface area contributed by atoms with E-state index in [1.807, 2.05) is 6.92 Å². The molecular weight excluding hydrogens is 230 g/mol. The normalized spacial score (nSPS) is 24.7. The van der Waals surface area contributed by atoms with E-state index in [4.69, 9.17) is 5.73 Å². The van der Waals surface area contributed by atoms with E-state index < -0.39 is 6.04 Å². The van der Waals surface area contributed by atoms with Crippen LogP contribution in [0.3, 0.4) is 0 Å². The van der Waals surface area contributed by atoms with Crippen molar-refractivity contribution >= 4 is 11.8 Å². The van der Waals surface area contributed by atoms with Crippen LogP contribution in [0, 0.1) is 11.8 Å². The summed E-state index contributed by atoms with van der Waals surface area (Å²) in [5, 5.41) is 2.82. The van der Waals surface area contributed by atoms with Gasteiger partial charge in [-0.25, -0.2) is 0 Å². The Morgan fingerprint density at radius 3 is 2.67 bits per heavy atom. The fourth-order valence-electron chi connectivity index (χ4n) is 2.53. The lowest BCUT2D eigenvalue weighted by Gasteiger charge is -2.23. The fourth-order valence-corrected chi connectivity index (χ4v) is 2.53. The average Bonchev–Trinajstić information content (AvgIpc) is 2.84. The Balaban J connectivity index is 2.51. The van der Waals surface area contributed by atoms with Gasteiger partial charge >= 0.3 is 0 Å². The Labute approximate surface area is 109 Å². The summed E-state index contributed by atoms with van der Waals surface area (Å²) in [4.78, 5) is 25.6. The molecule has 1 fully saturated rings. The fraction of sp³-hybridized carbons (Fsp3) is 0.846. The van der Waals surface area contributed by atoms with E-state index in [9.17, 15) is 9.59 Å². The van der Waals surface area contributed by atoms with Crippen LogP contribution in [0.2, 0.25) is 0 Å². The molecule has 0 aromatic heterocycles. The number of carbonyl (C=O) groups excluding carboxylic acids is 2. The largest absolute Gasteiger partial charge is 0.344 e. The Bertz CT molecular complexity index is 307. The van der Waals surface area contributed by atoms with Gasteiger partial charge in [0.15, 0.2) is 0 Å². The molecule has 1 saturated carbocycles. The lowest BCUT2D eigenvalue weighted by Crippen LogP contribution is -2.48. The highest BCUT2D eigenvalue weighted by molar-refractivity contribution is 5.88. The minimum atomic E-state index is -0.457. The maximum absolute atomic E-state index is 12.1. The first-order valence-corrected chi connectivity index (χ1v) is 6.76. The van der Waals surface area contributed by atoms with E-state index in [2.05, 4.69) is 5.32 Å². The number of amides is 2. The monoisotopic (exact) mass is 255 g/mol. The van der Waals surface area contributed by atoms with E-state index in [0.717, 1.165) is 19.3 Å². The second-order valence-electron chi connectivity index (χ2n) is 5.12. The minimum absolute atomic E-state index is 0.0165. The molecular formula is C13H25N3O2. The molecule has 1 rings (SSSR count). The van der Waals surface area contributed by atoms with E-state index >= 15 is 0 Å². The topological polar surface area (TPSA) is 75.4 Å². The quantitative estimate of drug-likeness (QED) is 0.744. The van der Waals surface area contributed by atoms with Crippen molar-refractivity contribution in [2.75, 3.05) is 20.1 Å². The zero-order valence-electron chi connectivity index (χ0n) is 11.6. The van der Waals surface area contributed by atoms with Crippen molar-refractivity contribution in [1.82, 2.24) is 10.2 Å². The van der Waals surface area contributed by atoms with Crippen molar-refractivity contribution in [1.29, 1.82) is 0 Å². The summed E-state index contributed by atoms with van der Waals surface area (Å²) < 4.78 is 0. The second kappa shape index (κ2) is 6.73. The van der Waals surface area contributed by atoms with Gasteiger partial charge in [-0.1, -0.05) is 6.42 Å². The predicted octanol–water partition coefficient (Wildman–Crippen LogP) is 0.344. The lowest BCUT2D eigenvalue weighted by molar-refractivity contribution is -0.136. The minimum Gasteiger partial charge on any atom is -0.344 e. The molecule has 2 amide bonds. The summed E-state index contributed by atoms with van der Waals surface area (Å²) in [7, 11) is 1.74. The summed E-state index contributed by atoms with van der Waals surface area (Å²) in [6.45, 7) is 4.84. The van der Waals surface area contributed by atoms with Crippen LogP contribution in [0.1, 0.15) is 33.1 Å². The summed E-state index contributed by atoms with van der Waals surface area (Å²) in [5.41, 5.74) is 5.67. The van der Waals surface area contributed by atoms with Crippen molar-refractivity contribution < 1.29 is 9.59 Å². The van der Waals surface area contributed by atoms with Crippen molar-refractivity contribution in [2.45, 2.75) is 39.2 Å². The third-order valence-electron chi connectivity index (χ3n) is 3.88. The summed E-state index contributed by atoms with van der Waals surface area (Å²) in [6, 6.07) is -0.457. The molecule has 1 aliphatic carbocycles. The smallest absolute Gasteiger partial charge is 0.244 e. The molecule has 0 saturated heterocycles. The number of carbonyl (C=O) groups is 2. The molecule has 0 aromatic carbocycles. The molecule has 3 atom stereocenters. The highest BCUT2D eigenvalue weighted by atomic mass is 16.2. The number of hydrogen-bond donors (Lipinski definition) is 2. The van der Waals surface area contributed by atoms with E-state index in [1.165, 1.54) is 0 Å². The van der Waals surface area contributed by atoms with Crippen molar-refractivity contribution in [3.05, 3.63) is 0 Å². The zero-order chi connectivity index (χ0) is 13.7. The number of rotatable bonds is 5. The van der Waals surface area contributed by atoms with Crippen LogP contribution in [0.15, 0.2) is 0 Å². The first kappa shape index (κ1) is 15.0. The second-order valence-corrected chi connectivity index (χ2v) is 5.12. The summed E-state index contributed by atoms with van der Waals surface area (Å²) in [5.74, 6) is 0.190. The summed E-state index contributed by atoms with van der Waals surface area (Å²) >= 11 is 0. The van der Waals surface area contributed by atoms with Crippen molar-refractivity contribution in [2.24, 2.45) is 17.6 Å². The predicted molar refractivity (Wildman–Crippen MR) is 70.8 cm³/mol. The average molecular weight is 255 g/mol. The molecule has 0 bridgehead atoms. The highest BCUT2D eigenvalue weighted by Crippen LogP contribution is 2.30. The number of nitrogens with zero attached hydrogens (tertiary/aromatic N) is 1. The van der Waals surface area contributed by atoms with Crippen LogP contribution in [-0.4, -0.2) is 42.9 Å². The van der Waals surface area contributed by atoms with Gasteiger partial charge in [0.1, 0.15) is 6.04 Å². The van der Waals surface area contributed by atoms with Crippen molar-refractivity contribution in [3.63, 3.8) is 0 Å². The molecule has 3 unspecified atom stereocenters. The molecule has 18 heavy (non-hydrogen) atoms. The van der Waals surface area contributed by atoms with Crippen molar-refractivity contribution in [3.8, 4) is 0 Å². The molecule has 0 spiro atoms. The molecule has 0 heterocycles. The van der Waals surface area contributed by atoms with Crippen LogP contribution in [0.4, 0.5) is 0 Å². The van der Waals surface area contributed by atoms with Gasteiger partial charge in [0, 0.05) is 19.5 Å². The van der Waals surface area contributed by atoms with E-state index in [-0.39, 0.29) is 23.7 Å². The molecule has 0 radical (unpaired) electrons. The van der Waals surface area contributed by atoms with Crippen LogP contribution in [0.5, 0.6) is 0 Å². The highest BCUT2D eigenvalue weighted by Gasteiger charge is 2.33. The molecule has 5 heteroatoms. The van der Waals surface area contributed by atoms with Gasteiger partial charge in [-0.05, 0) is 39.2 Å². The van der Waals surface area contributed by atoms with Gasteiger partial charge in [0.05, 0.1) is 0 Å². The number of likely N-dealkylation sites (N-methyl/N-ethyl adjacent to an activating group) is 1. The maximum Gasteiger partial charge on any atom is 0.244 e. The molecule has 1 aliphatic rings. The van der Waals surface area contributed by atoms with Crippen LogP contribution in [-0.2, 0) is 9.59 Å². The molecule has 3 N–H and O–H groups in total. The van der Waals surface area contributed by atoms with Crippen LogP contribution in [0.25, 0.3) is 0 Å². The first-order valence-electron chi connectivity index (χ1n) is 6.76. The Kier molecular flexibility index (Phi) is 5.59. The van der Waals surface area contributed by atoms with Gasteiger partial charge in [0.2, 0.25) is 11.8 Å². The SMILES string of the molecule is CCN(C)C(=O)C(C)NC(=O)C1CCCC1CN. The van der Waals surface area contributed by atoms with Gasteiger partial charge in [0.25, 0.3) is 0 Å². The lowest BCUT2D eigenvalue weighted by atomic mass is 9.95. The maximum atomic E-state index is 12.1. The Hall–Kier alpha value is -1.10. The van der Waals surface area contributed by atoms with E-state index in [0.29, 0.717) is 13.1 Å². The van der Waals surface area contributed by atoms with Gasteiger partial charge < -0.3 is 16.0 Å². The molecule has 5 nitrogen and oxygen atoms in total. The molecule has 0 aliphatic heterocycles. The van der Waals surface area contributed by atoms with Gasteiger partial charge in [-0.3, -0.25) is 9.59 Å². The van der Waals surface area contributed by atoms with E-state index in [1.54, 1.807) is 18.9 Å². The number of nitrogens with one attached hydrogen (secondary N) is 1. The molecule has 0 aromatic rings. The Morgan fingerprint density at radius 1 is 1.44 bits per heavy atom. The number of nitrogens with two attached hydrogens (primary N) is 1. The third kappa shape index (κ3) is 3.45. The van der Waals surface area contributed by atoms with Crippen LogP contribution >= 0.6 is 0 Å². The third-order valence-corrected chi connectivity index (χ3v) is 3.88. The Morgan fingerprint density at radius 2 is 2.11 bits per heavy atom. The molecule has 104 valence electrons. The first-order chi connectivity index (χ1) is 8.51. The van der Waals surface area contributed by atoms with Gasteiger partial charge in [-0.2, -0.15) is 0 Å². The van der Waals surface area contributed by atoms with Gasteiger partial charge in [-0.15, -0.1) is 0 Å². The number of hydrogen-bond acceptors (Lipinski definition) is 3. The summed E-state index contributed by atoms with van der Waals surface area (Å²) in [6.07, 6.45) is 2.96. The van der Waals surface area contributed by atoms with Crippen LogP contribution < -0.4 is 11.1 Å².